The van der Waals surface area contributed by atoms with Crippen LogP contribution in [-0.4, -0.2) is 4.98 Å². The minimum Gasteiger partial charge on any atom is -0.233 e. The number of aromatic nitrogens is 1. The normalized spacial score (nSPS) is 10.8. The Morgan fingerprint density at radius 1 is 1.25 bits per heavy atom. The van der Waals surface area contributed by atoms with E-state index in [1.165, 1.54) is 6.07 Å². The molecular weight excluding hydrogens is 364 g/mol. The summed E-state index contributed by atoms with van der Waals surface area (Å²) in [4.78, 5) is 3.78. The molecule has 66 valence electrons. The fourth-order valence-electron chi connectivity index (χ4n) is 0.661. The predicted molar refractivity (Wildman–Crippen MR) is 52.3 cm³/mol. The lowest BCUT2D eigenvalue weighted by atomic mass is 10.3. The van der Waals surface area contributed by atoms with Gasteiger partial charge in [0.15, 0.2) is 0 Å². The summed E-state index contributed by atoms with van der Waals surface area (Å²) < 4.78 is 25.6. The first kappa shape index (κ1) is 10.5. The molecule has 0 amide bonds. The van der Waals surface area contributed by atoms with E-state index in [1.807, 2.05) is 0 Å². The lowest BCUT2D eigenvalue weighted by Crippen LogP contribution is -1.91. The van der Waals surface area contributed by atoms with Gasteiger partial charge in [0.1, 0.15) is 9.21 Å². The van der Waals surface area contributed by atoms with Gasteiger partial charge in [-0.25, -0.2) is 13.8 Å². The average molecular weight is 366 g/mol. The molecule has 0 atom stereocenters. The Labute approximate surface area is 92.9 Å². The first-order valence-corrected chi connectivity index (χ1v) is 5.20. The molecule has 12 heavy (non-hydrogen) atoms. The molecule has 0 saturated heterocycles. The van der Waals surface area contributed by atoms with Crippen molar-refractivity contribution < 1.29 is 8.78 Å². The third-order valence-electron chi connectivity index (χ3n) is 1.15. The molecule has 0 saturated carbocycles. The van der Waals surface area contributed by atoms with Crippen LogP contribution in [0.2, 0.25) is 0 Å². The van der Waals surface area contributed by atoms with E-state index in [2.05, 4.69) is 52.8 Å². The van der Waals surface area contributed by atoms with E-state index < -0.39 is 6.43 Å². The second-order valence-corrected chi connectivity index (χ2v) is 4.35. The van der Waals surface area contributed by atoms with E-state index in [9.17, 15) is 8.78 Å². The second kappa shape index (κ2) is 4.11. The summed E-state index contributed by atoms with van der Waals surface area (Å²) in [5.41, 5.74) is -0.127. The van der Waals surface area contributed by atoms with Gasteiger partial charge >= 0.3 is 0 Å². The highest BCUT2D eigenvalue weighted by Crippen LogP contribution is 2.34. The fraction of sp³-hybridized carbons (Fsp3) is 0.167. The molecule has 1 heterocycles. The molecule has 0 fully saturated rings. The number of hydrogen-bond acceptors (Lipinski definition) is 1. The largest absolute Gasteiger partial charge is 0.267 e. The van der Waals surface area contributed by atoms with Crippen molar-refractivity contribution in [3.63, 3.8) is 0 Å². The summed E-state index contributed by atoms with van der Waals surface area (Å²) >= 11 is 9.05. The molecule has 1 nitrogen and oxygen atoms in total. The van der Waals surface area contributed by atoms with E-state index in [1.54, 1.807) is 0 Å². The summed E-state index contributed by atoms with van der Waals surface area (Å²) in [7, 11) is 0. The first-order valence-electron chi connectivity index (χ1n) is 2.82. The van der Waals surface area contributed by atoms with Crippen LogP contribution in [0.15, 0.2) is 19.7 Å². The van der Waals surface area contributed by atoms with Gasteiger partial charge in [-0.05, 0) is 37.9 Å². The number of hydrogen-bond donors (Lipinski definition) is 0. The van der Waals surface area contributed by atoms with Crippen molar-refractivity contribution in [1.29, 1.82) is 0 Å². The Morgan fingerprint density at radius 2 is 1.83 bits per heavy atom. The van der Waals surface area contributed by atoms with E-state index >= 15 is 0 Å². The quantitative estimate of drug-likeness (QED) is 0.676. The zero-order valence-electron chi connectivity index (χ0n) is 5.49. The molecule has 0 aliphatic heterocycles. The monoisotopic (exact) mass is 363 g/mol. The topological polar surface area (TPSA) is 12.9 Å². The summed E-state index contributed by atoms with van der Waals surface area (Å²) in [6.45, 7) is 0. The van der Waals surface area contributed by atoms with Crippen LogP contribution in [0.1, 0.15) is 12.0 Å². The van der Waals surface area contributed by atoms with Crippen molar-refractivity contribution in [2.75, 3.05) is 0 Å². The summed E-state index contributed by atoms with van der Waals surface area (Å²) in [6, 6.07) is 1.48. The molecule has 0 N–H and O–H groups in total. The van der Waals surface area contributed by atoms with Crippen molar-refractivity contribution in [2.24, 2.45) is 0 Å². The van der Waals surface area contributed by atoms with Gasteiger partial charge in [0.05, 0.1) is 5.56 Å². The molecular formula is C6H2Br3F2N. The summed E-state index contributed by atoms with van der Waals surface area (Å²) in [6.07, 6.45) is -2.53. The zero-order chi connectivity index (χ0) is 9.30. The van der Waals surface area contributed by atoms with Crippen molar-refractivity contribution >= 4 is 47.8 Å². The van der Waals surface area contributed by atoms with Crippen LogP contribution in [0.4, 0.5) is 8.78 Å². The van der Waals surface area contributed by atoms with Crippen molar-refractivity contribution in [3.05, 3.63) is 25.3 Å². The van der Waals surface area contributed by atoms with Gasteiger partial charge in [-0.2, -0.15) is 0 Å². The molecule has 0 aliphatic rings. The highest BCUT2D eigenvalue weighted by Gasteiger charge is 2.17. The molecule has 0 aromatic carbocycles. The number of nitrogens with zero attached hydrogens (tertiary/aromatic N) is 1. The van der Waals surface area contributed by atoms with Crippen LogP contribution in [0, 0.1) is 0 Å². The maximum Gasteiger partial charge on any atom is 0.267 e. The van der Waals surface area contributed by atoms with Gasteiger partial charge in [0, 0.05) is 4.47 Å². The minimum absolute atomic E-state index is 0.127. The van der Waals surface area contributed by atoms with Gasteiger partial charge in [0.2, 0.25) is 0 Å². The standard InChI is InChI=1S/C6H2Br3F2N/c7-2-1-3(8)12-5(9)4(2)6(10)11/h1,6H. The maximum absolute atomic E-state index is 12.3. The summed E-state index contributed by atoms with van der Waals surface area (Å²) in [5, 5.41) is 0. The Kier molecular flexibility index (Phi) is 3.60. The van der Waals surface area contributed by atoms with Crippen LogP contribution in [0.3, 0.4) is 0 Å². The molecule has 0 aliphatic carbocycles. The predicted octanol–water partition coefficient (Wildman–Crippen LogP) is 4.31. The Hall–Kier alpha value is 0.450. The highest BCUT2D eigenvalue weighted by atomic mass is 79.9. The third kappa shape index (κ3) is 2.23. The lowest BCUT2D eigenvalue weighted by molar-refractivity contribution is 0.149. The van der Waals surface area contributed by atoms with Crippen LogP contribution in [-0.2, 0) is 0 Å². The average Bonchev–Trinajstić information content (AvgIpc) is 1.82. The molecule has 0 radical (unpaired) electrons. The number of halogens is 5. The van der Waals surface area contributed by atoms with Gasteiger partial charge in [0.25, 0.3) is 6.43 Å². The lowest BCUT2D eigenvalue weighted by Gasteiger charge is -2.05. The molecule has 1 aromatic heterocycles. The van der Waals surface area contributed by atoms with Crippen LogP contribution in [0.25, 0.3) is 0 Å². The van der Waals surface area contributed by atoms with Crippen molar-refractivity contribution in [1.82, 2.24) is 4.98 Å². The van der Waals surface area contributed by atoms with E-state index in [-0.39, 0.29) is 10.2 Å². The van der Waals surface area contributed by atoms with E-state index in [4.69, 9.17) is 0 Å². The Bertz CT molecular complexity index is 280. The van der Waals surface area contributed by atoms with Crippen molar-refractivity contribution in [3.8, 4) is 0 Å². The summed E-state index contributed by atoms with van der Waals surface area (Å²) in [5.74, 6) is 0. The maximum atomic E-state index is 12.3. The van der Waals surface area contributed by atoms with Gasteiger partial charge < -0.3 is 0 Å². The van der Waals surface area contributed by atoms with Crippen molar-refractivity contribution in [2.45, 2.75) is 6.43 Å². The third-order valence-corrected chi connectivity index (χ3v) is 2.82. The number of alkyl halides is 2. The fourth-order valence-corrected chi connectivity index (χ4v) is 3.03. The van der Waals surface area contributed by atoms with Gasteiger partial charge in [-0.1, -0.05) is 15.9 Å². The minimum atomic E-state index is -2.53. The molecule has 6 heteroatoms. The highest BCUT2D eigenvalue weighted by molar-refractivity contribution is 9.11. The van der Waals surface area contributed by atoms with Crippen LogP contribution in [0.5, 0.6) is 0 Å². The Morgan fingerprint density at radius 3 is 2.25 bits per heavy atom. The van der Waals surface area contributed by atoms with Gasteiger partial charge in [-0.3, -0.25) is 0 Å². The molecule has 0 bridgehead atoms. The Balaban J connectivity index is 3.28. The number of rotatable bonds is 1. The molecule has 0 unspecified atom stereocenters. The zero-order valence-corrected chi connectivity index (χ0v) is 10.2. The number of pyridine rings is 1. The van der Waals surface area contributed by atoms with Gasteiger partial charge in [-0.15, -0.1) is 0 Å². The van der Waals surface area contributed by atoms with E-state index in [0.717, 1.165) is 0 Å². The first-order chi connectivity index (χ1) is 5.52. The smallest absolute Gasteiger partial charge is 0.233 e. The molecule has 1 aromatic rings. The molecule has 1 rings (SSSR count). The van der Waals surface area contributed by atoms with E-state index in [0.29, 0.717) is 9.08 Å². The molecule has 0 spiro atoms. The van der Waals surface area contributed by atoms with Crippen LogP contribution < -0.4 is 0 Å². The second-order valence-electron chi connectivity index (χ2n) is 1.93. The van der Waals surface area contributed by atoms with Crippen LogP contribution >= 0.6 is 47.8 Å². The SMILES string of the molecule is FC(F)c1c(Br)cc(Br)nc1Br.